The highest BCUT2D eigenvalue weighted by atomic mass is 16.5. The van der Waals surface area contributed by atoms with Crippen LogP contribution in [0.5, 0.6) is 5.75 Å². The Balaban J connectivity index is 1.68. The van der Waals surface area contributed by atoms with Crippen molar-refractivity contribution in [1.29, 1.82) is 0 Å². The van der Waals surface area contributed by atoms with Crippen molar-refractivity contribution in [3.63, 3.8) is 0 Å². The second-order valence-corrected chi connectivity index (χ2v) is 7.10. The Morgan fingerprint density at radius 3 is 2.75 bits per heavy atom. The summed E-state index contributed by atoms with van der Waals surface area (Å²) in [6, 6.07) is 9.29. The van der Waals surface area contributed by atoms with Gasteiger partial charge in [0.15, 0.2) is 12.9 Å². The van der Waals surface area contributed by atoms with Gasteiger partial charge in [-0.25, -0.2) is 4.68 Å². The number of carbonyl (C=O) groups excluding carboxylic acids is 2. The largest absolute Gasteiger partial charge is 0.483 e. The van der Waals surface area contributed by atoms with E-state index in [1.54, 1.807) is 10.7 Å². The molecule has 2 aromatic rings. The first-order chi connectivity index (χ1) is 13.4. The standard InChI is InChI=1S/C20H27N5O3/c1-5-15-14(4)21-20(23-19(15)27)25-17(10-13(3)24-25)22-18(26)11-28-16-9-7-6-8-12(16)2/h6-10,14-15,20-21H,5,11H2,1-4H3,(H,22,26)(H,23,27). The summed E-state index contributed by atoms with van der Waals surface area (Å²) >= 11 is 0. The van der Waals surface area contributed by atoms with Crippen molar-refractivity contribution >= 4 is 17.6 Å². The molecule has 2 heterocycles. The van der Waals surface area contributed by atoms with Gasteiger partial charge >= 0.3 is 0 Å². The van der Waals surface area contributed by atoms with Gasteiger partial charge in [0.1, 0.15) is 11.6 Å². The molecular formula is C20H27N5O3. The summed E-state index contributed by atoms with van der Waals surface area (Å²) in [4.78, 5) is 24.7. The number of rotatable bonds is 6. The number of ether oxygens (including phenoxy) is 1. The van der Waals surface area contributed by atoms with E-state index in [9.17, 15) is 9.59 Å². The Labute approximate surface area is 164 Å². The molecule has 1 aliphatic heterocycles. The van der Waals surface area contributed by atoms with Gasteiger partial charge in [-0.05, 0) is 38.8 Å². The van der Waals surface area contributed by atoms with Crippen LogP contribution < -0.4 is 20.7 Å². The van der Waals surface area contributed by atoms with E-state index in [1.165, 1.54) is 0 Å². The van der Waals surface area contributed by atoms with Gasteiger partial charge in [0.2, 0.25) is 5.91 Å². The van der Waals surface area contributed by atoms with Crippen LogP contribution >= 0.6 is 0 Å². The van der Waals surface area contributed by atoms with Crippen LogP contribution in [-0.2, 0) is 9.59 Å². The van der Waals surface area contributed by atoms with E-state index >= 15 is 0 Å². The smallest absolute Gasteiger partial charge is 0.263 e. The first kappa shape index (κ1) is 19.9. The van der Waals surface area contributed by atoms with E-state index in [1.807, 2.05) is 52.0 Å². The zero-order valence-electron chi connectivity index (χ0n) is 16.7. The molecule has 0 radical (unpaired) electrons. The topological polar surface area (TPSA) is 97.3 Å². The highest BCUT2D eigenvalue weighted by molar-refractivity contribution is 5.91. The molecule has 8 heteroatoms. The number of hydrogen-bond acceptors (Lipinski definition) is 5. The first-order valence-electron chi connectivity index (χ1n) is 9.50. The van der Waals surface area contributed by atoms with Gasteiger partial charge < -0.3 is 15.4 Å². The van der Waals surface area contributed by atoms with Crippen LogP contribution in [0.3, 0.4) is 0 Å². The van der Waals surface area contributed by atoms with Gasteiger partial charge in [-0.3, -0.25) is 14.9 Å². The number of hydrogen-bond donors (Lipinski definition) is 3. The third-order valence-corrected chi connectivity index (χ3v) is 4.90. The second kappa shape index (κ2) is 8.43. The molecule has 0 spiro atoms. The van der Waals surface area contributed by atoms with E-state index in [0.717, 1.165) is 17.7 Å². The molecule has 1 fully saturated rings. The van der Waals surface area contributed by atoms with Crippen molar-refractivity contribution in [2.45, 2.75) is 46.4 Å². The van der Waals surface area contributed by atoms with Crippen LogP contribution in [0.4, 0.5) is 5.82 Å². The minimum Gasteiger partial charge on any atom is -0.483 e. The van der Waals surface area contributed by atoms with Gasteiger partial charge in [-0.2, -0.15) is 5.10 Å². The minimum atomic E-state index is -0.522. The molecule has 1 saturated heterocycles. The lowest BCUT2D eigenvalue weighted by Crippen LogP contribution is -2.57. The maximum absolute atomic E-state index is 12.4. The van der Waals surface area contributed by atoms with Gasteiger partial charge in [0, 0.05) is 12.1 Å². The lowest BCUT2D eigenvalue weighted by Gasteiger charge is -2.35. The normalized spacial score (nSPS) is 21.9. The predicted molar refractivity (Wildman–Crippen MR) is 106 cm³/mol. The van der Waals surface area contributed by atoms with Crippen molar-refractivity contribution in [2.75, 3.05) is 11.9 Å². The number of aryl methyl sites for hydroxylation is 2. The van der Waals surface area contributed by atoms with E-state index in [2.05, 4.69) is 21.0 Å². The molecule has 28 heavy (non-hydrogen) atoms. The number of amides is 2. The average Bonchev–Trinajstić information content (AvgIpc) is 3.01. The molecule has 8 nitrogen and oxygen atoms in total. The molecule has 3 atom stereocenters. The Kier molecular flexibility index (Phi) is 5.99. The van der Waals surface area contributed by atoms with Gasteiger partial charge in [0.05, 0.1) is 11.6 Å². The molecule has 0 bridgehead atoms. The molecule has 0 aliphatic carbocycles. The Morgan fingerprint density at radius 1 is 1.32 bits per heavy atom. The van der Waals surface area contributed by atoms with Crippen molar-refractivity contribution in [3.05, 3.63) is 41.6 Å². The van der Waals surface area contributed by atoms with Crippen molar-refractivity contribution < 1.29 is 14.3 Å². The van der Waals surface area contributed by atoms with Crippen LogP contribution in [0.1, 0.15) is 37.8 Å². The van der Waals surface area contributed by atoms with Gasteiger partial charge in [0.25, 0.3) is 5.91 Å². The van der Waals surface area contributed by atoms with Gasteiger partial charge in [-0.1, -0.05) is 25.1 Å². The number of aromatic nitrogens is 2. The predicted octanol–water partition coefficient (Wildman–Crippen LogP) is 2.11. The van der Waals surface area contributed by atoms with Crippen LogP contribution in [-0.4, -0.2) is 34.2 Å². The summed E-state index contributed by atoms with van der Waals surface area (Å²) < 4.78 is 7.18. The summed E-state index contributed by atoms with van der Waals surface area (Å²) in [6.07, 6.45) is 0.233. The van der Waals surface area contributed by atoms with Crippen molar-refractivity contribution in [2.24, 2.45) is 5.92 Å². The van der Waals surface area contributed by atoms with E-state index < -0.39 is 6.29 Å². The van der Waals surface area contributed by atoms with Crippen LogP contribution in [0.25, 0.3) is 0 Å². The highest BCUT2D eigenvalue weighted by Crippen LogP contribution is 2.21. The van der Waals surface area contributed by atoms with E-state index in [4.69, 9.17) is 4.74 Å². The zero-order valence-corrected chi connectivity index (χ0v) is 16.7. The molecule has 1 aromatic carbocycles. The number of nitrogens with zero attached hydrogens (tertiary/aromatic N) is 2. The summed E-state index contributed by atoms with van der Waals surface area (Å²) in [6.45, 7) is 7.60. The lowest BCUT2D eigenvalue weighted by molar-refractivity contribution is -0.130. The molecule has 2 amide bonds. The molecule has 3 N–H and O–H groups in total. The fourth-order valence-corrected chi connectivity index (χ4v) is 3.39. The van der Waals surface area contributed by atoms with E-state index in [0.29, 0.717) is 11.6 Å². The molecule has 1 aromatic heterocycles. The highest BCUT2D eigenvalue weighted by Gasteiger charge is 2.34. The third kappa shape index (κ3) is 4.33. The lowest BCUT2D eigenvalue weighted by atomic mass is 9.95. The van der Waals surface area contributed by atoms with E-state index in [-0.39, 0.29) is 30.4 Å². The number of anilines is 1. The monoisotopic (exact) mass is 385 g/mol. The maximum atomic E-state index is 12.4. The molecular weight excluding hydrogens is 358 g/mol. The fraction of sp³-hybridized carbons (Fsp3) is 0.450. The summed E-state index contributed by atoms with van der Waals surface area (Å²) in [5.74, 6) is 0.755. The second-order valence-electron chi connectivity index (χ2n) is 7.10. The zero-order chi connectivity index (χ0) is 20.3. The molecule has 150 valence electrons. The summed E-state index contributed by atoms with van der Waals surface area (Å²) in [5, 5.41) is 13.5. The van der Waals surface area contributed by atoms with Crippen molar-refractivity contribution in [3.8, 4) is 5.75 Å². The Morgan fingerprint density at radius 2 is 2.07 bits per heavy atom. The fourth-order valence-electron chi connectivity index (χ4n) is 3.39. The third-order valence-electron chi connectivity index (χ3n) is 4.90. The summed E-state index contributed by atoms with van der Waals surface area (Å²) in [7, 11) is 0. The summed E-state index contributed by atoms with van der Waals surface area (Å²) in [5.41, 5.74) is 1.70. The van der Waals surface area contributed by atoms with Crippen LogP contribution in [0, 0.1) is 19.8 Å². The maximum Gasteiger partial charge on any atom is 0.263 e. The number of para-hydroxylation sites is 1. The Hall–Kier alpha value is -2.87. The van der Waals surface area contributed by atoms with Crippen molar-refractivity contribution in [1.82, 2.24) is 20.4 Å². The molecule has 3 unspecified atom stereocenters. The molecule has 0 saturated carbocycles. The minimum absolute atomic E-state index is 0.00111. The number of nitrogens with one attached hydrogen (secondary N) is 3. The molecule has 3 rings (SSSR count). The van der Waals surface area contributed by atoms with Crippen LogP contribution in [0.2, 0.25) is 0 Å². The Bertz CT molecular complexity index is 863. The van der Waals surface area contributed by atoms with Gasteiger partial charge in [-0.15, -0.1) is 0 Å². The van der Waals surface area contributed by atoms with Crippen LogP contribution in [0.15, 0.2) is 30.3 Å². The quantitative estimate of drug-likeness (QED) is 0.708. The number of carbonyl (C=O) groups is 2. The SMILES string of the molecule is CCC1C(=O)NC(n2nc(C)cc2NC(=O)COc2ccccc2C)NC1C. The average molecular weight is 385 g/mol. The first-order valence-corrected chi connectivity index (χ1v) is 9.50. The molecule has 1 aliphatic rings. The number of benzene rings is 1.